The number of nitrogens with one attached hydrogen (secondary N) is 2. The summed E-state index contributed by atoms with van der Waals surface area (Å²) in [7, 11) is 0. The summed E-state index contributed by atoms with van der Waals surface area (Å²) in [5, 5.41) is 8.92. The van der Waals surface area contributed by atoms with Crippen LogP contribution in [0.25, 0.3) is 0 Å². The monoisotopic (exact) mass is 177 g/mol. The van der Waals surface area contributed by atoms with Crippen LogP contribution in [0.15, 0.2) is 35.3 Å². The minimum Gasteiger partial charge on any atom is -0.472 e. The zero-order valence-electron chi connectivity index (χ0n) is 6.65. The Kier molecular flexibility index (Phi) is 1.84. The summed E-state index contributed by atoms with van der Waals surface area (Å²) < 4.78 is 4.77. The SMILES string of the molecule is O=C(Nc1ccn[nH]1)c1ccoc1. The Morgan fingerprint density at radius 1 is 1.54 bits per heavy atom. The lowest BCUT2D eigenvalue weighted by atomic mass is 10.3. The summed E-state index contributed by atoms with van der Waals surface area (Å²) in [5.74, 6) is 0.337. The standard InChI is InChI=1S/C8H7N3O2/c12-8(6-2-4-13-5-6)10-7-1-3-9-11-7/h1-5H,(H2,9,10,11,12). The van der Waals surface area contributed by atoms with E-state index in [0.717, 1.165) is 0 Å². The number of aromatic amines is 1. The molecule has 66 valence electrons. The molecule has 0 spiro atoms. The van der Waals surface area contributed by atoms with Crippen LogP contribution in [0.3, 0.4) is 0 Å². The van der Waals surface area contributed by atoms with Crippen LogP contribution < -0.4 is 5.32 Å². The van der Waals surface area contributed by atoms with Gasteiger partial charge >= 0.3 is 0 Å². The normalized spacial score (nSPS) is 9.85. The van der Waals surface area contributed by atoms with Gasteiger partial charge < -0.3 is 9.73 Å². The third-order valence-electron chi connectivity index (χ3n) is 1.53. The number of carbonyl (C=O) groups is 1. The van der Waals surface area contributed by atoms with E-state index >= 15 is 0 Å². The molecular weight excluding hydrogens is 170 g/mol. The highest BCUT2D eigenvalue weighted by Crippen LogP contribution is 2.04. The Hall–Kier alpha value is -2.04. The maximum Gasteiger partial charge on any atom is 0.260 e. The molecule has 0 aliphatic carbocycles. The molecule has 0 saturated heterocycles. The molecule has 1 amide bonds. The van der Waals surface area contributed by atoms with Crippen LogP contribution in [0.1, 0.15) is 10.4 Å². The van der Waals surface area contributed by atoms with Crippen LogP contribution in [-0.2, 0) is 0 Å². The van der Waals surface area contributed by atoms with Crippen molar-refractivity contribution in [3.63, 3.8) is 0 Å². The molecule has 2 aromatic rings. The number of amides is 1. The van der Waals surface area contributed by atoms with E-state index in [0.29, 0.717) is 11.4 Å². The molecule has 0 aliphatic heterocycles. The highest BCUT2D eigenvalue weighted by Gasteiger charge is 2.06. The van der Waals surface area contributed by atoms with Crippen molar-refractivity contribution in [3.8, 4) is 0 Å². The van der Waals surface area contributed by atoms with Crippen LogP contribution in [0.5, 0.6) is 0 Å². The number of nitrogens with zero attached hydrogens (tertiary/aromatic N) is 1. The Morgan fingerprint density at radius 3 is 3.08 bits per heavy atom. The van der Waals surface area contributed by atoms with Gasteiger partial charge in [-0.1, -0.05) is 0 Å². The van der Waals surface area contributed by atoms with Gasteiger partial charge in [-0.25, -0.2) is 0 Å². The molecular formula is C8H7N3O2. The van der Waals surface area contributed by atoms with Crippen molar-refractivity contribution in [2.75, 3.05) is 5.32 Å². The molecule has 0 atom stereocenters. The molecule has 0 bridgehead atoms. The van der Waals surface area contributed by atoms with E-state index in [1.807, 2.05) is 0 Å². The average molecular weight is 177 g/mol. The third-order valence-corrected chi connectivity index (χ3v) is 1.53. The van der Waals surface area contributed by atoms with Gasteiger partial charge in [0.1, 0.15) is 12.1 Å². The molecule has 0 radical (unpaired) electrons. The van der Waals surface area contributed by atoms with E-state index < -0.39 is 0 Å². The topological polar surface area (TPSA) is 70.9 Å². The molecule has 0 saturated carbocycles. The molecule has 5 nitrogen and oxygen atoms in total. The highest BCUT2D eigenvalue weighted by atomic mass is 16.3. The maximum atomic E-state index is 11.4. The zero-order valence-corrected chi connectivity index (χ0v) is 6.65. The minimum atomic E-state index is -0.224. The van der Waals surface area contributed by atoms with Crippen LogP contribution in [0.4, 0.5) is 5.82 Å². The first kappa shape index (κ1) is 7.60. The van der Waals surface area contributed by atoms with Gasteiger partial charge in [0.05, 0.1) is 18.0 Å². The number of hydrogen-bond donors (Lipinski definition) is 2. The first-order valence-corrected chi connectivity index (χ1v) is 3.69. The molecule has 0 fully saturated rings. The van der Waals surface area contributed by atoms with Gasteiger partial charge in [-0.3, -0.25) is 9.89 Å². The first-order chi connectivity index (χ1) is 6.36. The number of hydrogen-bond acceptors (Lipinski definition) is 3. The van der Waals surface area contributed by atoms with E-state index in [1.54, 1.807) is 18.3 Å². The number of carbonyl (C=O) groups excluding carboxylic acids is 1. The van der Waals surface area contributed by atoms with Crippen LogP contribution in [0, 0.1) is 0 Å². The van der Waals surface area contributed by atoms with Crippen molar-refractivity contribution in [2.24, 2.45) is 0 Å². The Balaban J connectivity index is 2.08. The highest BCUT2D eigenvalue weighted by molar-refractivity contribution is 6.03. The third kappa shape index (κ3) is 1.58. The van der Waals surface area contributed by atoms with Crippen LogP contribution in [0.2, 0.25) is 0 Å². The van der Waals surface area contributed by atoms with Gasteiger partial charge in [0, 0.05) is 6.07 Å². The van der Waals surface area contributed by atoms with Crippen LogP contribution in [-0.4, -0.2) is 16.1 Å². The zero-order chi connectivity index (χ0) is 9.10. The number of aromatic nitrogens is 2. The van der Waals surface area contributed by atoms with Crippen molar-refractivity contribution in [1.82, 2.24) is 10.2 Å². The van der Waals surface area contributed by atoms with E-state index in [1.165, 1.54) is 12.5 Å². The fourth-order valence-corrected chi connectivity index (χ4v) is 0.914. The van der Waals surface area contributed by atoms with Gasteiger partial charge in [-0.2, -0.15) is 5.10 Å². The fourth-order valence-electron chi connectivity index (χ4n) is 0.914. The van der Waals surface area contributed by atoms with E-state index in [4.69, 9.17) is 4.42 Å². The molecule has 0 aliphatic rings. The number of rotatable bonds is 2. The molecule has 0 unspecified atom stereocenters. The quantitative estimate of drug-likeness (QED) is 0.725. The summed E-state index contributed by atoms with van der Waals surface area (Å²) in [6, 6.07) is 3.25. The molecule has 0 aromatic carbocycles. The van der Waals surface area contributed by atoms with Crippen molar-refractivity contribution >= 4 is 11.7 Å². The number of furan rings is 1. The molecule has 13 heavy (non-hydrogen) atoms. The summed E-state index contributed by atoms with van der Waals surface area (Å²) in [5.41, 5.74) is 0.481. The summed E-state index contributed by atoms with van der Waals surface area (Å²) in [6.07, 6.45) is 4.39. The summed E-state index contributed by atoms with van der Waals surface area (Å²) in [6.45, 7) is 0. The fraction of sp³-hybridized carbons (Fsp3) is 0. The molecule has 2 heterocycles. The van der Waals surface area contributed by atoms with Gasteiger partial charge in [0.15, 0.2) is 0 Å². The Morgan fingerprint density at radius 2 is 2.46 bits per heavy atom. The molecule has 2 aromatic heterocycles. The molecule has 2 rings (SSSR count). The average Bonchev–Trinajstić information content (AvgIpc) is 2.74. The lowest BCUT2D eigenvalue weighted by Crippen LogP contribution is -2.10. The van der Waals surface area contributed by atoms with E-state index in [2.05, 4.69) is 15.5 Å². The number of anilines is 1. The lowest BCUT2D eigenvalue weighted by Gasteiger charge is -1.97. The van der Waals surface area contributed by atoms with Gasteiger partial charge in [0.25, 0.3) is 5.91 Å². The lowest BCUT2D eigenvalue weighted by molar-refractivity contribution is 0.102. The largest absolute Gasteiger partial charge is 0.472 e. The molecule has 5 heteroatoms. The summed E-state index contributed by atoms with van der Waals surface area (Å²) in [4.78, 5) is 11.4. The first-order valence-electron chi connectivity index (χ1n) is 3.69. The van der Waals surface area contributed by atoms with Crippen molar-refractivity contribution in [1.29, 1.82) is 0 Å². The second-order valence-corrected chi connectivity index (χ2v) is 2.44. The van der Waals surface area contributed by atoms with Crippen molar-refractivity contribution in [3.05, 3.63) is 36.4 Å². The Labute approximate surface area is 73.8 Å². The molecule has 2 N–H and O–H groups in total. The maximum absolute atomic E-state index is 11.4. The van der Waals surface area contributed by atoms with Crippen LogP contribution >= 0.6 is 0 Å². The van der Waals surface area contributed by atoms with Gasteiger partial charge in [-0.15, -0.1) is 0 Å². The van der Waals surface area contributed by atoms with Crippen molar-refractivity contribution < 1.29 is 9.21 Å². The van der Waals surface area contributed by atoms with E-state index in [9.17, 15) is 4.79 Å². The second-order valence-electron chi connectivity index (χ2n) is 2.44. The Bertz CT molecular complexity index is 377. The van der Waals surface area contributed by atoms with E-state index in [-0.39, 0.29) is 5.91 Å². The minimum absolute atomic E-state index is 0.224. The predicted molar refractivity (Wildman–Crippen MR) is 45.2 cm³/mol. The van der Waals surface area contributed by atoms with Crippen molar-refractivity contribution in [2.45, 2.75) is 0 Å². The predicted octanol–water partition coefficient (Wildman–Crippen LogP) is 1.25. The second kappa shape index (κ2) is 3.14. The van der Waals surface area contributed by atoms with Gasteiger partial charge in [-0.05, 0) is 6.07 Å². The smallest absolute Gasteiger partial charge is 0.260 e. The summed E-state index contributed by atoms with van der Waals surface area (Å²) >= 11 is 0. The van der Waals surface area contributed by atoms with Gasteiger partial charge in [0.2, 0.25) is 0 Å². The number of H-pyrrole nitrogens is 1.